The van der Waals surface area contributed by atoms with Crippen molar-refractivity contribution in [3.05, 3.63) is 52.8 Å². The van der Waals surface area contributed by atoms with E-state index >= 15 is 0 Å². The molecule has 1 N–H and O–H groups in total. The summed E-state index contributed by atoms with van der Waals surface area (Å²) in [6.07, 6.45) is 1.18. The van der Waals surface area contributed by atoms with Crippen LogP contribution in [0.15, 0.2) is 46.4 Å². The van der Waals surface area contributed by atoms with Gasteiger partial charge < -0.3 is 9.52 Å². The smallest absolute Gasteiger partial charge is 0.346 e. The summed E-state index contributed by atoms with van der Waals surface area (Å²) in [4.78, 5) is 10.7. The van der Waals surface area contributed by atoms with Crippen molar-refractivity contribution in [2.45, 2.75) is 0 Å². The molecule has 5 heteroatoms. The molecule has 1 aromatic carbocycles. The number of rotatable bonds is 3. The number of hydrogen-bond acceptors (Lipinski definition) is 3. The topological polar surface area (TPSA) is 74.2 Å². The summed E-state index contributed by atoms with van der Waals surface area (Å²) in [5.41, 5.74) is 0.440. The Morgan fingerprint density at radius 1 is 1.26 bits per heavy atom. The number of carboxylic acids is 1. The highest BCUT2D eigenvalue weighted by Gasteiger charge is 2.08. The highest BCUT2D eigenvalue weighted by Crippen LogP contribution is 2.24. The molecule has 4 nitrogen and oxygen atoms in total. The van der Waals surface area contributed by atoms with Crippen molar-refractivity contribution in [2.75, 3.05) is 0 Å². The van der Waals surface area contributed by atoms with Crippen LogP contribution in [0.4, 0.5) is 0 Å². The minimum Gasteiger partial charge on any atom is -0.477 e. The number of furan rings is 1. The zero-order chi connectivity index (χ0) is 13.8. The molecule has 0 aliphatic rings. The van der Waals surface area contributed by atoms with Crippen molar-refractivity contribution < 1.29 is 14.3 Å². The third-order valence-corrected chi connectivity index (χ3v) is 2.64. The van der Waals surface area contributed by atoms with Crippen LogP contribution >= 0.6 is 11.6 Å². The summed E-state index contributed by atoms with van der Waals surface area (Å²) >= 11 is 5.79. The molecule has 0 unspecified atom stereocenters. The number of benzene rings is 1. The van der Waals surface area contributed by atoms with Crippen molar-refractivity contribution in [1.82, 2.24) is 0 Å². The summed E-state index contributed by atoms with van der Waals surface area (Å²) in [6, 6.07) is 11.9. The minimum absolute atomic E-state index is 0.309. The van der Waals surface area contributed by atoms with E-state index < -0.39 is 5.97 Å². The predicted octanol–water partition coefficient (Wildman–Crippen LogP) is 3.59. The van der Waals surface area contributed by atoms with Gasteiger partial charge in [-0.05, 0) is 36.4 Å². The van der Waals surface area contributed by atoms with Gasteiger partial charge in [0.05, 0.1) is 0 Å². The number of hydrogen-bond donors (Lipinski definition) is 1. The SMILES string of the molecule is N#C/C(=C/c1ccc(-c2ccc(Cl)cc2)o1)C(=O)O. The van der Waals surface area contributed by atoms with Gasteiger partial charge >= 0.3 is 5.97 Å². The first kappa shape index (κ1) is 12.9. The normalized spacial score (nSPS) is 11.1. The maximum atomic E-state index is 10.7. The molecule has 1 aromatic heterocycles. The van der Waals surface area contributed by atoms with Gasteiger partial charge in [0.1, 0.15) is 23.2 Å². The zero-order valence-corrected chi connectivity index (χ0v) is 10.4. The first-order chi connectivity index (χ1) is 9.10. The summed E-state index contributed by atoms with van der Waals surface area (Å²) in [5, 5.41) is 18.0. The van der Waals surface area contributed by atoms with E-state index in [9.17, 15) is 4.79 Å². The molecule has 0 aliphatic carbocycles. The lowest BCUT2D eigenvalue weighted by molar-refractivity contribution is -0.132. The van der Waals surface area contributed by atoms with Crippen LogP contribution in [-0.4, -0.2) is 11.1 Å². The second kappa shape index (κ2) is 5.42. The highest BCUT2D eigenvalue weighted by molar-refractivity contribution is 6.30. The first-order valence-corrected chi connectivity index (χ1v) is 5.69. The molecule has 0 fully saturated rings. The Bertz CT molecular complexity index is 677. The summed E-state index contributed by atoms with van der Waals surface area (Å²) < 4.78 is 5.46. The molecule has 0 amide bonds. The van der Waals surface area contributed by atoms with E-state index in [1.807, 2.05) is 0 Å². The molecular formula is C14H8ClNO3. The molecule has 94 valence electrons. The maximum Gasteiger partial charge on any atom is 0.346 e. The van der Waals surface area contributed by atoms with E-state index in [2.05, 4.69) is 0 Å². The van der Waals surface area contributed by atoms with Crippen LogP contribution in [0.3, 0.4) is 0 Å². The van der Waals surface area contributed by atoms with Gasteiger partial charge in [0, 0.05) is 16.7 Å². The molecule has 19 heavy (non-hydrogen) atoms. The largest absolute Gasteiger partial charge is 0.477 e. The second-order valence-electron chi connectivity index (χ2n) is 3.68. The minimum atomic E-state index is -1.29. The molecule has 0 atom stereocenters. The van der Waals surface area contributed by atoms with Crippen LogP contribution in [0.1, 0.15) is 5.76 Å². The molecule has 1 heterocycles. The fourth-order valence-electron chi connectivity index (χ4n) is 1.48. The molecule has 0 aliphatic heterocycles. The van der Waals surface area contributed by atoms with Crippen LogP contribution in [0, 0.1) is 11.3 Å². The Morgan fingerprint density at radius 2 is 1.95 bits per heavy atom. The van der Waals surface area contributed by atoms with Gasteiger partial charge in [-0.3, -0.25) is 0 Å². The molecule has 2 aromatic rings. The number of nitrogens with zero attached hydrogens (tertiary/aromatic N) is 1. The third-order valence-electron chi connectivity index (χ3n) is 2.39. The van der Waals surface area contributed by atoms with E-state index in [1.165, 1.54) is 6.08 Å². The Hall–Kier alpha value is -2.51. The molecule has 0 radical (unpaired) electrons. The Labute approximate surface area is 114 Å². The van der Waals surface area contributed by atoms with Crippen molar-refractivity contribution in [1.29, 1.82) is 5.26 Å². The maximum absolute atomic E-state index is 10.7. The van der Waals surface area contributed by atoms with Gasteiger partial charge in [0.2, 0.25) is 0 Å². The van der Waals surface area contributed by atoms with Crippen LogP contribution < -0.4 is 0 Å². The Morgan fingerprint density at radius 3 is 2.53 bits per heavy atom. The van der Waals surface area contributed by atoms with Gasteiger partial charge in [-0.2, -0.15) is 5.26 Å². The number of carbonyl (C=O) groups is 1. The van der Waals surface area contributed by atoms with Crippen LogP contribution in [0.25, 0.3) is 17.4 Å². The van der Waals surface area contributed by atoms with E-state index in [4.69, 9.17) is 26.4 Å². The standard InChI is InChI=1S/C14H8ClNO3/c15-11-3-1-9(2-4-11)13-6-5-12(19-13)7-10(8-16)14(17)18/h1-7H,(H,17,18)/b10-7-. The lowest BCUT2D eigenvalue weighted by Gasteiger charge is -1.96. The molecule has 0 saturated carbocycles. The van der Waals surface area contributed by atoms with E-state index in [0.29, 0.717) is 16.5 Å². The van der Waals surface area contributed by atoms with Gasteiger partial charge in [-0.1, -0.05) is 11.6 Å². The Balaban J connectivity index is 2.32. The fourth-order valence-corrected chi connectivity index (χ4v) is 1.61. The van der Waals surface area contributed by atoms with Gasteiger partial charge in [-0.15, -0.1) is 0 Å². The van der Waals surface area contributed by atoms with E-state index in [1.54, 1.807) is 42.5 Å². The number of aliphatic carboxylic acids is 1. The second-order valence-corrected chi connectivity index (χ2v) is 4.12. The first-order valence-electron chi connectivity index (χ1n) is 5.31. The number of nitriles is 1. The van der Waals surface area contributed by atoms with Crippen LogP contribution in [-0.2, 0) is 4.79 Å². The van der Waals surface area contributed by atoms with Crippen molar-refractivity contribution in [3.8, 4) is 17.4 Å². The van der Waals surface area contributed by atoms with Crippen molar-refractivity contribution >= 4 is 23.6 Å². The Kier molecular flexibility index (Phi) is 3.69. The molecule has 0 saturated heterocycles. The van der Waals surface area contributed by atoms with Gasteiger partial charge in [0.15, 0.2) is 0 Å². The zero-order valence-electron chi connectivity index (χ0n) is 9.63. The summed E-state index contributed by atoms with van der Waals surface area (Å²) in [7, 11) is 0. The van der Waals surface area contributed by atoms with Crippen LogP contribution in [0.5, 0.6) is 0 Å². The van der Waals surface area contributed by atoms with E-state index in [-0.39, 0.29) is 5.57 Å². The number of carboxylic acid groups (broad SMARTS) is 1. The average Bonchev–Trinajstić information content (AvgIpc) is 2.85. The van der Waals surface area contributed by atoms with Gasteiger partial charge in [0.25, 0.3) is 0 Å². The fraction of sp³-hybridized carbons (Fsp3) is 0. The lowest BCUT2D eigenvalue weighted by atomic mass is 10.2. The van der Waals surface area contributed by atoms with Crippen molar-refractivity contribution in [2.24, 2.45) is 0 Å². The lowest BCUT2D eigenvalue weighted by Crippen LogP contribution is -1.96. The quantitative estimate of drug-likeness (QED) is 0.685. The monoisotopic (exact) mass is 273 g/mol. The van der Waals surface area contributed by atoms with Crippen molar-refractivity contribution in [3.63, 3.8) is 0 Å². The molecule has 0 bridgehead atoms. The molecule has 0 spiro atoms. The van der Waals surface area contributed by atoms with E-state index in [0.717, 1.165) is 5.56 Å². The summed E-state index contributed by atoms with van der Waals surface area (Å²) in [6.45, 7) is 0. The van der Waals surface area contributed by atoms with Crippen LogP contribution in [0.2, 0.25) is 5.02 Å². The molecular weight excluding hydrogens is 266 g/mol. The highest BCUT2D eigenvalue weighted by atomic mass is 35.5. The molecule has 2 rings (SSSR count). The predicted molar refractivity (Wildman–Crippen MR) is 70.4 cm³/mol. The average molecular weight is 274 g/mol. The van der Waals surface area contributed by atoms with Gasteiger partial charge in [-0.25, -0.2) is 4.79 Å². The summed E-state index contributed by atoms with van der Waals surface area (Å²) in [5.74, 6) is -0.401. The third kappa shape index (κ3) is 3.03. The number of halogens is 1.